The number of nitrogens with one attached hydrogen (secondary N) is 1. The van der Waals surface area contributed by atoms with Gasteiger partial charge in [-0.15, -0.1) is 0 Å². The van der Waals surface area contributed by atoms with Gasteiger partial charge in [0, 0.05) is 17.8 Å². The molecule has 0 unspecified atom stereocenters. The molecule has 1 aromatic heterocycles. The summed E-state index contributed by atoms with van der Waals surface area (Å²) < 4.78 is 40.9. The molecule has 0 saturated heterocycles. The Morgan fingerprint density at radius 1 is 1.24 bits per heavy atom. The molecule has 0 aliphatic rings. The Labute approximate surface area is 123 Å². The molecule has 0 radical (unpaired) electrons. The van der Waals surface area contributed by atoms with Crippen LogP contribution in [0.25, 0.3) is 0 Å². The highest BCUT2D eigenvalue weighted by Gasteiger charge is 2.21. The molecule has 3 N–H and O–H groups in total. The van der Waals surface area contributed by atoms with E-state index in [1.54, 1.807) is 19.1 Å². The van der Waals surface area contributed by atoms with Gasteiger partial charge in [-0.3, -0.25) is 9.71 Å². The van der Waals surface area contributed by atoms with Crippen LogP contribution >= 0.6 is 0 Å². The molecule has 1 aromatic carbocycles. The fourth-order valence-electron chi connectivity index (χ4n) is 1.98. The summed E-state index contributed by atoms with van der Waals surface area (Å²) in [6.45, 7) is 3.30. The molecule has 7 heteroatoms. The van der Waals surface area contributed by atoms with Gasteiger partial charge in [0.15, 0.2) is 0 Å². The highest BCUT2D eigenvalue weighted by atomic mass is 32.2. The van der Waals surface area contributed by atoms with Gasteiger partial charge in [0.1, 0.15) is 5.82 Å². The maximum atomic E-state index is 13.7. The van der Waals surface area contributed by atoms with Crippen LogP contribution in [0.2, 0.25) is 0 Å². The van der Waals surface area contributed by atoms with Crippen molar-refractivity contribution in [1.82, 2.24) is 4.98 Å². The number of pyridine rings is 1. The highest BCUT2D eigenvalue weighted by molar-refractivity contribution is 7.92. The number of nitrogens with two attached hydrogens (primary N) is 1. The lowest BCUT2D eigenvalue weighted by atomic mass is 10.2. The molecule has 2 aromatic rings. The summed E-state index contributed by atoms with van der Waals surface area (Å²) in [6, 6.07) is 7.16. The number of rotatable bonds is 4. The Bertz CT molecular complexity index is 776. The van der Waals surface area contributed by atoms with Crippen LogP contribution < -0.4 is 10.5 Å². The van der Waals surface area contributed by atoms with Crippen molar-refractivity contribution in [2.75, 3.05) is 4.72 Å². The number of halogens is 1. The molecular formula is C14H16FN3O2S. The van der Waals surface area contributed by atoms with Crippen LogP contribution in [0.3, 0.4) is 0 Å². The number of anilines is 1. The number of aromatic nitrogens is 1. The zero-order valence-electron chi connectivity index (χ0n) is 11.7. The Morgan fingerprint density at radius 3 is 2.57 bits per heavy atom. The van der Waals surface area contributed by atoms with Gasteiger partial charge in [-0.05, 0) is 38.1 Å². The molecule has 21 heavy (non-hydrogen) atoms. The monoisotopic (exact) mass is 309 g/mol. The molecule has 0 spiro atoms. The lowest BCUT2D eigenvalue weighted by molar-refractivity contribution is 0.585. The molecule has 0 atom stereocenters. The van der Waals surface area contributed by atoms with E-state index in [1.807, 2.05) is 6.92 Å². The van der Waals surface area contributed by atoms with Crippen LogP contribution in [0.15, 0.2) is 35.2 Å². The van der Waals surface area contributed by atoms with Gasteiger partial charge in [0.25, 0.3) is 10.0 Å². The molecule has 112 valence electrons. The largest absolute Gasteiger partial charge is 0.326 e. The zero-order chi connectivity index (χ0) is 15.6. The Kier molecular flexibility index (Phi) is 4.24. The fourth-order valence-corrected chi connectivity index (χ4v) is 3.36. The summed E-state index contributed by atoms with van der Waals surface area (Å²) in [5.74, 6) is -0.640. The minimum Gasteiger partial charge on any atom is -0.326 e. The molecular weight excluding hydrogens is 293 g/mol. The average molecular weight is 309 g/mol. The SMILES string of the molecule is Cc1ccc(NS(=O)(=O)c2cccc(F)c2CN)c(C)n1. The fraction of sp³-hybridized carbons (Fsp3) is 0.214. The maximum Gasteiger partial charge on any atom is 0.262 e. The van der Waals surface area contributed by atoms with E-state index < -0.39 is 15.8 Å². The predicted octanol–water partition coefficient (Wildman–Crippen LogP) is 2.10. The second-order valence-corrected chi connectivity index (χ2v) is 6.26. The summed E-state index contributed by atoms with van der Waals surface area (Å²) in [6.07, 6.45) is 0. The first-order chi connectivity index (χ1) is 9.85. The molecule has 0 saturated carbocycles. The van der Waals surface area contributed by atoms with E-state index in [0.29, 0.717) is 11.4 Å². The topological polar surface area (TPSA) is 85.1 Å². The number of sulfonamides is 1. The van der Waals surface area contributed by atoms with Crippen molar-refractivity contribution in [2.24, 2.45) is 5.73 Å². The minimum atomic E-state index is -3.92. The van der Waals surface area contributed by atoms with Gasteiger partial charge in [-0.25, -0.2) is 12.8 Å². The highest BCUT2D eigenvalue weighted by Crippen LogP contribution is 2.23. The molecule has 1 heterocycles. The summed E-state index contributed by atoms with van der Waals surface area (Å²) in [5, 5.41) is 0. The van der Waals surface area contributed by atoms with Crippen molar-refractivity contribution >= 4 is 15.7 Å². The molecule has 0 bridgehead atoms. The standard InChI is InChI=1S/C14H16FN3O2S/c1-9-6-7-13(10(2)17-9)18-21(19,20)14-5-3-4-12(15)11(14)8-16/h3-7,18H,8,16H2,1-2H3. The van der Waals surface area contributed by atoms with Crippen LogP contribution in [0, 0.1) is 19.7 Å². The van der Waals surface area contributed by atoms with Crippen molar-refractivity contribution in [3.05, 3.63) is 53.1 Å². The molecule has 0 amide bonds. The van der Waals surface area contributed by atoms with Gasteiger partial charge in [0.2, 0.25) is 0 Å². The third kappa shape index (κ3) is 3.20. The summed E-state index contributed by atoms with van der Waals surface area (Å²) in [5.41, 5.74) is 7.09. The Balaban J connectivity index is 2.46. The Hall–Kier alpha value is -1.99. The lowest BCUT2D eigenvalue weighted by Gasteiger charge is -2.13. The molecule has 0 aliphatic heterocycles. The number of hydrogen-bond donors (Lipinski definition) is 2. The van der Waals surface area contributed by atoms with Gasteiger partial charge in [-0.1, -0.05) is 6.07 Å². The molecule has 0 fully saturated rings. The molecule has 5 nitrogen and oxygen atoms in total. The van der Waals surface area contributed by atoms with E-state index in [-0.39, 0.29) is 17.0 Å². The van der Waals surface area contributed by atoms with Crippen molar-refractivity contribution in [2.45, 2.75) is 25.3 Å². The van der Waals surface area contributed by atoms with E-state index in [9.17, 15) is 12.8 Å². The normalized spacial score (nSPS) is 11.4. The van der Waals surface area contributed by atoms with Crippen molar-refractivity contribution < 1.29 is 12.8 Å². The van der Waals surface area contributed by atoms with Crippen LogP contribution in [-0.4, -0.2) is 13.4 Å². The molecule has 2 rings (SSSR count). The summed E-state index contributed by atoms with van der Waals surface area (Å²) in [4.78, 5) is 4.02. The summed E-state index contributed by atoms with van der Waals surface area (Å²) >= 11 is 0. The molecule has 0 aliphatic carbocycles. The maximum absolute atomic E-state index is 13.7. The van der Waals surface area contributed by atoms with E-state index in [4.69, 9.17) is 5.73 Å². The average Bonchev–Trinajstić information content (AvgIpc) is 2.41. The van der Waals surface area contributed by atoms with E-state index in [2.05, 4.69) is 9.71 Å². The van der Waals surface area contributed by atoms with Crippen LogP contribution in [0.4, 0.5) is 10.1 Å². The van der Waals surface area contributed by atoms with E-state index in [1.165, 1.54) is 18.2 Å². The lowest BCUT2D eigenvalue weighted by Crippen LogP contribution is -2.18. The van der Waals surface area contributed by atoms with E-state index >= 15 is 0 Å². The first-order valence-electron chi connectivity index (χ1n) is 6.29. The number of benzene rings is 1. The zero-order valence-corrected chi connectivity index (χ0v) is 12.5. The predicted molar refractivity (Wildman–Crippen MR) is 78.8 cm³/mol. The van der Waals surface area contributed by atoms with Crippen LogP contribution in [-0.2, 0) is 16.6 Å². The van der Waals surface area contributed by atoms with E-state index in [0.717, 1.165) is 5.69 Å². The number of nitrogens with zero attached hydrogens (tertiary/aromatic N) is 1. The third-order valence-electron chi connectivity index (χ3n) is 3.04. The van der Waals surface area contributed by atoms with Gasteiger partial charge in [0.05, 0.1) is 16.3 Å². The first kappa shape index (κ1) is 15.4. The Morgan fingerprint density at radius 2 is 1.95 bits per heavy atom. The van der Waals surface area contributed by atoms with Crippen LogP contribution in [0.5, 0.6) is 0 Å². The third-order valence-corrected chi connectivity index (χ3v) is 4.49. The van der Waals surface area contributed by atoms with Gasteiger partial charge in [-0.2, -0.15) is 0 Å². The second-order valence-electron chi connectivity index (χ2n) is 4.61. The minimum absolute atomic E-state index is 0.0391. The van der Waals surface area contributed by atoms with Crippen molar-refractivity contribution in [1.29, 1.82) is 0 Å². The van der Waals surface area contributed by atoms with Gasteiger partial charge < -0.3 is 5.73 Å². The second kappa shape index (κ2) is 5.79. The first-order valence-corrected chi connectivity index (χ1v) is 7.78. The van der Waals surface area contributed by atoms with Crippen LogP contribution in [0.1, 0.15) is 17.0 Å². The van der Waals surface area contributed by atoms with Crippen molar-refractivity contribution in [3.63, 3.8) is 0 Å². The van der Waals surface area contributed by atoms with Gasteiger partial charge >= 0.3 is 0 Å². The van der Waals surface area contributed by atoms with Crippen molar-refractivity contribution in [3.8, 4) is 0 Å². The smallest absolute Gasteiger partial charge is 0.262 e. The quantitative estimate of drug-likeness (QED) is 0.905. The number of aryl methyl sites for hydroxylation is 2. The summed E-state index contributed by atoms with van der Waals surface area (Å²) in [7, 11) is -3.92. The number of hydrogen-bond acceptors (Lipinski definition) is 4.